The predicted molar refractivity (Wildman–Crippen MR) is 59.6 cm³/mol. The van der Waals surface area contributed by atoms with Crippen molar-refractivity contribution in [3.05, 3.63) is 22.5 Å². The van der Waals surface area contributed by atoms with E-state index in [-0.39, 0.29) is 22.0 Å². The topological polar surface area (TPSA) is 62.1 Å². The number of hydrogen-bond acceptors (Lipinski definition) is 4. The number of amides is 1. The lowest BCUT2D eigenvalue weighted by atomic mass is 10.3. The Bertz CT molecular complexity index is 360. The highest BCUT2D eigenvalue weighted by molar-refractivity contribution is 9.11. The molecule has 1 amide bonds. The fraction of sp³-hybridized carbons (Fsp3) is 0.333. The molecule has 0 fully saturated rings. The number of hydroxylamine groups is 2. The maximum Gasteiger partial charge on any atom is 0.295 e. The van der Waals surface area contributed by atoms with Crippen LogP contribution in [0.4, 0.5) is 0 Å². The third kappa shape index (κ3) is 2.90. The van der Waals surface area contributed by atoms with Gasteiger partial charge in [0.05, 0.1) is 7.11 Å². The van der Waals surface area contributed by atoms with E-state index in [4.69, 9.17) is 4.84 Å². The number of rotatable bonds is 2. The molecule has 0 aliphatic carbocycles. The molecular weight excluding hydrogens is 264 g/mol. The van der Waals surface area contributed by atoms with Crippen molar-refractivity contribution in [2.75, 3.05) is 14.2 Å². The van der Waals surface area contributed by atoms with Crippen LogP contribution in [0.25, 0.3) is 0 Å². The van der Waals surface area contributed by atoms with Crippen molar-refractivity contribution in [1.29, 1.82) is 0 Å². The summed E-state index contributed by atoms with van der Waals surface area (Å²) in [5, 5.41) is 10.4. The van der Waals surface area contributed by atoms with Gasteiger partial charge in [-0.05, 0) is 22.0 Å². The molecular formula is C9H11BrN2O3. The Hall–Kier alpha value is -1.14. The molecule has 0 bridgehead atoms. The highest BCUT2D eigenvalue weighted by Gasteiger charge is 2.16. The molecule has 1 N–H and O–H groups in total. The van der Waals surface area contributed by atoms with E-state index in [9.17, 15) is 9.90 Å². The van der Waals surface area contributed by atoms with Gasteiger partial charge < -0.3 is 5.11 Å². The zero-order chi connectivity index (χ0) is 11.4. The van der Waals surface area contributed by atoms with Gasteiger partial charge in [0.2, 0.25) is 0 Å². The van der Waals surface area contributed by atoms with Crippen LogP contribution >= 0.6 is 15.9 Å². The molecule has 0 radical (unpaired) electrons. The van der Waals surface area contributed by atoms with Gasteiger partial charge in [0.1, 0.15) is 16.1 Å². The molecule has 1 heterocycles. The summed E-state index contributed by atoms with van der Waals surface area (Å²) in [6, 6.07) is 0. The van der Waals surface area contributed by atoms with Crippen LogP contribution in [-0.2, 0) is 9.63 Å². The van der Waals surface area contributed by atoms with Gasteiger partial charge >= 0.3 is 0 Å². The summed E-state index contributed by atoms with van der Waals surface area (Å²) >= 11 is 3.07. The number of aliphatic imine (C=N–C) groups is 1. The highest BCUT2D eigenvalue weighted by atomic mass is 79.9. The lowest BCUT2D eigenvalue weighted by Crippen LogP contribution is -2.31. The molecule has 0 saturated carbocycles. The van der Waals surface area contributed by atoms with Crippen molar-refractivity contribution in [2.24, 2.45) is 4.99 Å². The Morgan fingerprint density at radius 2 is 2.40 bits per heavy atom. The predicted octanol–water partition coefficient (Wildman–Crippen LogP) is 1.53. The molecule has 15 heavy (non-hydrogen) atoms. The largest absolute Gasteiger partial charge is 0.509 e. The van der Waals surface area contributed by atoms with Crippen LogP contribution in [-0.4, -0.2) is 35.9 Å². The number of carbonyl (C=O) groups excluding carboxylic acids is 1. The van der Waals surface area contributed by atoms with Crippen molar-refractivity contribution in [3.8, 4) is 0 Å². The van der Waals surface area contributed by atoms with Gasteiger partial charge in [-0.2, -0.15) is 0 Å². The Morgan fingerprint density at radius 1 is 1.73 bits per heavy atom. The number of allylic oxidation sites excluding steroid dienone is 1. The normalized spacial score (nSPS) is 16.1. The van der Waals surface area contributed by atoms with E-state index < -0.39 is 0 Å². The smallest absolute Gasteiger partial charge is 0.295 e. The summed E-state index contributed by atoms with van der Waals surface area (Å²) in [5.41, 5.74) is 0.204. The quantitative estimate of drug-likeness (QED) is 0.614. The van der Waals surface area contributed by atoms with Crippen LogP contribution in [0.2, 0.25) is 0 Å². The van der Waals surface area contributed by atoms with Crippen molar-refractivity contribution >= 4 is 27.5 Å². The first-order valence-corrected chi connectivity index (χ1v) is 5.00. The zero-order valence-electron chi connectivity index (χ0n) is 8.40. The standard InChI is InChI=1S/C9H11BrN2O3/c1-12(15-2)9(14)6-4-3-5-7(13)8(10)11-6/h3-4,13H,5H2,1-2H3. The Labute approximate surface area is 95.8 Å². The Morgan fingerprint density at radius 3 is 3.00 bits per heavy atom. The van der Waals surface area contributed by atoms with E-state index >= 15 is 0 Å². The van der Waals surface area contributed by atoms with Gasteiger partial charge in [-0.25, -0.2) is 10.1 Å². The van der Waals surface area contributed by atoms with Crippen LogP contribution in [0.1, 0.15) is 6.42 Å². The molecule has 0 unspecified atom stereocenters. The van der Waals surface area contributed by atoms with Gasteiger partial charge in [0, 0.05) is 13.5 Å². The second-order valence-electron chi connectivity index (χ2n) is 2.83. The number of carbonyl (C=O) groups is 1. The molecule has 0 atom stereocenters. The summed E-state index contributed by atoms with van der Waals surface area (Å²) in [4.78, 5) is 20.3. The maximum absolute atomic E-state index is 11.6. The lowest BCUT2D eigenvalue weighted by molar-refractivity contribution is -0.160. The minimum atomic E-state index is -0.375. The van der Waals surface area contributed by atoms with Crippen LogP contribution in [0.15, 0.2) is 27.5 Å². The summed E-state index contributed by atoms with van der Waals surface area (Å²) < 4.78 is 0.264. The molecule has 5 nitrogen and oxygen atoms in total. The van der Waals surface area contributed by atoms with Crippen molar-refractivity contribution in [3.63, 3.8) is 0 Å². The number of halogens is 1. The molecule has 0 aromatic heterocycles. The maximum atomic E-state index is 11.6. The fourth-order valence-electron chi connectivity index (χ4n) is 0.937. The van der Waals surface area contributed by atoms with Gasteiger partial charge in [-0.1, -0.05) is 6.08 Å². The van der Waals surface area contributed by atoms with Crippen LogP contribution in [0, 0.1) is 0 Å². The third-order valence-electron chi connectivity index (χ3n) is 1.82. The number of aliphatic hydroxyl groups is 1. The van der Waals surface area contributed by atoms with E-state index in [0.717, 1.165) is 5.06 Å². The molecule has 0 aromatic carbocycles. The first-order valence-electron chi connectivity index (χ1n) is 4.21. The van der Waals surface area contributed by atoms with Crippen molar-refractivity contribution < 1.29 is 14.7 Å². The first-order chi connectivity index (χ1) is 7.06. The fourth-order valence-corrected chi connectivity index (χ4v) is 1.29. The van der Waals surface area contributed by atoms with E-state index in [0.29, 0.717) is 6.42 Å². The molecule has 1 aliphatic rings. The van der Waals surface area contributed by atoms with Crippen molar-refractivity contribution in [2.45, 2.75) is 6.42 Å². The van der Waals surface area contributed by atoms with Crippen LogP contribution < -0.4 is 0 Å². The molecule has 0 saturated heterocycles. The average Bonchev–Trinajstić information content (AvgIpc) is 2.39. The zero-order valence-corrected chi connectivity index (χ0v) is 9.98. The SMILES string of the molecule is CON(C)C(=O)C1=NC(Br)=C(O)CC=C1. The minimum Gasteiger partial charge on any atom is -0.509 e. The second kappa shape index (κ2) is 5.09. The Balaban J connectivity index is 2.96. The van der Waals surface area contributed by atoms with Crippen LogP contribution in [0.5, 0.6) is 0 Å². The summed E-state index contributed by atoms with van der Waals surface area (Å²) in [5.74, 6) is -0.283. The summed E-state index contributed by atoms with van der Waals surface area (Å²) in [7, 11) is 2.88. The van der Waals surface area contributed by atoms with E-state index in [1.807, 2.05) is 0 Å². The first kappa shape index (κ1) is 11.9. The number of nitrogens with zero attached hydrogens (tertiary/aromatic N) is 2. The molecule has 1 aliphatic heterocycles. The van der Waals surface area contributed by atoms with E-state index in [1.54, 1.807) is 12.2 Å². The van der Waals surface area contributed by atoms with Gasteiger partial charge in [0.15, 0.2) is 0 Å². The summed E-state index contributed by atoms with van der Waals surface area (Å²) in [6.07, 6.45) is 3.55. The molecule has 0 aromatic rings. The highest BCUT2D eigenvalue weighted by Crippen LogP contribution is 2.18. The monoisotopic (exact) mass is 274 g/mol. The van der Waals surface area contributed by atoms with Crippen LogP contribution in [0.3, 0.4) is 0 Å². The van der Waals surface area contributed by atoms with Gasteiger partial charge in [0.25, 0.3) is 5.91 Å². The third-order valence-corrected chi connectivity index (χ3v) is 2.46. The molecule has 82 valence electrons. The lowest BCUT2D eigenvalue weighted by Gasteiger charge is -2.12. The average molecular weight is 275 g/mol. The molecule has 1 rings (SSSR count). The second-order valence-corrected chi connectivity index (χ2v) is 3.58. The Kier molecular flexibility index (Phi) is 4.05. The molecule has 0 spiro atoms. The molecule has 6 heteroatoms. The minimum absolute atomic E-state index is 0.0918. The number of hydrogen-bond donors (Lipinski definition) is 1. The van der Waals surface area contributed by atoms with Crippen molar-refractivity contribution in [1.82, 2.24) is 5.06 Å². The number of aliphatic hydroxyl groups excluding tert-OH is 1. The van der Waals surface area contributed by atoms with Gasteiger partial charge in [-0.3, -0.25) is 9.63 Å². The van der Waals surface area contributed by atoms with Gasteiger partial charge in [-0.15, -0.1) is 0 Å². The van der Waals surface area contributed by atoms with E-state index in [2.05, 4.69) is 20.9 Å². The van der Waals surface area contributed by atoms with E-state index in [1.165, 1.54) is 14.2 Å². The summed E-state index contributed by atoms with van der Waals surface area (Å²) in [6.45, 7) is 0.